The van der Waals surface area contributed by atoms with Gasteiger partial charge in [0.1, 0.15) is 0 Å². The van der Waals surface area contributed by atoms with Crippen LogP contribution in [0.2, 0.25) is 0 Å². The quantitative estimate of drug-likeness (QED) is 0.448. The molecule has 150 valence electrons. The van der Waals surface area contributed by atoms with Crippen LogP contribution in [0.15, 0.2) is 58.0 Å². The van der Waals surface area contributed by atoms with Gasteiger partial charge in [-0.1, -0.05) is 6.07 Å². The molecule has 0 radical (unpaired) electrons. The zero-order valence-electron chi connectivity index (χ0n) is 15.4. The molecule has 0 fully saturated rings. The molecular formula is C18H16N4O6S. The predicted molar refractivity (Wildman–Crippen MR) is 106 cm³/mol. The van der Waals surface area contributed by atoms with E-state index in [9.17, 15) is 23.3 Å². The van der Waals surface area contributed by atoms with E-state index in [1.54, 1.807) is 13.0 Å². The van der Waals surface area contributed by atoms with Crippen LogP contribution in [-0.4, -0.2) is 32.1 Å². The van der Waals surface area contributed by atoms with E-state index in [0.29, 0.717) is 17.0 Å². The van der Waals surface area contributed by atoms with E-state index in [1.807, 2.05) is 0 Å². The molecule has 1 amide bonds. The van der Waals surface area contributed by atoms with Crippen molar-refractivity contribution in [2.45, 2.75) is 11.8 Å². The van der Waals surface area contributed by atoms with Crippen LogP contribution in [0.4, 0.5) is 11.4 Å². The van der Waals surface area contributed by atoms with Crippen LogP contribution in [-0.2, 0) is 14.8 Å². The van der Waals surface area contributed by atoms with Gasteiger partial charge in [0.25, 0.3) is 5.91 Å². The van der Waals surface area contributed by atoms with Crippen LogP contribution in [0.25, 0.3) is 6.08 Å². The Balaban J connectivity index is 1.94. The average molecular weight is 416 g/mol. The van der Waals surface area contributed by atoms with Gasteiger partial charge in [-0.05, 0) is 48.9 Å². The summed E-state index contributed by atoms with van der Waals surface area (Å²) in [6, 6.07) is 9.71. The smallest absolute Gasteiger partial charge is 0.311 e. The number of hydrazone groups is 1. The Labute approximate surface area is 166 Å². The first-order chi connectivity index (χ1) is 13.6. The Morgan fingerprint density at radius 1 is 1.21 bits per heavy atom. The number of hydrogen-bond donors (Lipinski definition) is 1. The Morgan fingerprint density at radius 2 is 1.86 bits per heavy atom. The summed E-state index contributed by atoms with van der Waals surface area (Å²) >= 11 is 0. The second-order valence-corrected chi connectivity index (χ2v) is 7.65. The first-order valence-electron chi connectivity index (χ1n) is 8.19. The van der Waals surface area contributed by atoms with Gasteiger partial charge >= 0.3 is 5.69 Å². The molecule has 0 atom stereocenters. The van der Waals surface area contributed by atoms with Crippen LogP contribution >= 0.6 is 0 Å². The summed E-state index contributed by atoms with van der Waals surface area (Å²) in [4.78, 5) is 23.3. The fraction of sp³-hybridized carbons (Fsp3) is 0.111. The second-order valence-electron chi connectivity index (χ2n) is 6.09. The first-order valence-corrected chi connectivity index (χ1v) is 9.73. The summed E-state index contributed by atoms with van der Waals surface area (Å²) in [7, 11) is -2.52. The van der Waals surface area contributed by atoms with Crippen molar-refractivity contribution in [2.75, 3.05) is 12.1 Å². The normalized spacial score (nSPS) is 15.6. The van der Waals surface area contributed by atoms with Gasteiger partial charge in [-0.15, -0.1) is 0 Å². The fourth-order valence-corrected chi connectivity index (χ4v) is 3.26. The number of hydrogen-bond acceptors (Lipinski definition) is 7. The zero-order valence-corrected chi connectivity index (χ0v) is 16.2. The molecule has 1 aliphatic heterocycles. The monoisotopic (exact) mass is 416 g/mol. The van der Waals surface area contributed by atoms with Gasteiger partial charge in [0.15, 0.2) is 5.75 Å². The topological polar surface area (TPSA) is 145 Å². The summed E-state index contributed by atoms with van der Waals surface area (Å²) in [5.41, 5.74) is 1.22. The minimum absolute atomic E-state index is 0.0881. The molecule has 0 spiro atoms. The van der Waals surface area contributed by atoms with Crippen LogP contribution in [0.3, 0.4) is 0 Å². The number of anilines is 1. The van der Waals surface area contributed by atoms with Crippen molar-refractivity contribution in [2.24, 2.45) is 10.2 Å². The SMILES string of the molecule is COc1ccc(/C=C2\C(=O)N(c3ccc(S(N)(=O)=O)cc3)N=C2C)cc1[N+](=O)[O-]. The van der Waals surface area contributed by atoms with Gasteiger partial charge in [0.2, 0.25) is 10.0 Å². The molecule has 0 unspecified atom stereocenters. The van der Waals surface area contributed by atoms with Gasteiger partial charge < -0.3 is 4.74 Å². The lowest BCUT2D eigenvalue weighted by Crippen LogP contribution is -2.21. The molecule has 2 aromatic carbocycles. The van der Waals surface area contributed by atoms with Gasteiger partial charge in [-0.3, -0.25) is 14.9 Å². The van der Waals surface area contributed by atoms with Crippen LogP contribution < -0.4 is 14.9 Å². The Kier molecular flexibility index (Phi) is 5.18. The number of primary sulfonamides is 1. The largest absolute Gasteiger partial charge is 0.490 e. The second kappa shape index (κ2) is 7.45. The maximum absolute atomic E-state index is 12.8. The predicted octanol–water partition coefficient (Wildman–Crippen LogP) is 2.06. The molecule has 2 N–H and O–H groups in total. The van der Waals surface area contributed by atoms with Gasteiger partial charge in [-0.25, -0.2) is 13.6 Å². The molecule has 0 bridgehead atoms. The van der Waals surface area contributed by atoms with Crippen molar-refractivity contribution >= 4 is 39.1 Å². The third kappa shape index (κ3) is 4.00. The molecule has 0 saturated heterocycles. The number of nitro benzene ring substituents is 1. The van der Waals surface area contributed by atoms with Crippen molar-refractivity contribution in [3.8, 4) is 5.75 Å². The number of carbonyl (C=O) groups is 1. The molecular weight excluding hydrogens is 400 g/mol. The van der Waals surface area contributed by atoms with E-state index >= 15 is 0 Å². The fourth-order valence-electron chi connectivity index (χ4n) is 2.74. The third-order valence-corrected chi connectivity index (χ3v) is 5.11. The van der Waals surface area contributed by atoms with E-state index < -0.39 is 20.9 Å². The summed E-state index contributed by atoms with van der Waals surface area (Å²) in [6.07, 6.45) is 1.49. The number of nitrogens with two attached hydrogens (primary N) is 1. The number of ether oxygens (including phenoxy) is 1. The maximum atomic E-state index is 12.8. The maximum Gasteiger partial charge on any atom is 0.311 e. The number of nitrogens with zero attached hydrogens (tertiary/aromatic N) is 3. The first kappa shape index (κ1) is 20.2. The summed E-state index contributed by atoms with van der Waals surface area (Å²) in [5, 5.41) is 21.6. The van der Waals surface area contributed by atoms with E-state index in [1.165, 1.54) is 49.6 Å². The van der Waals surface area contributed by atoms with Crippen molar-refractivity contribution in [3.63, 3.8) is 0 Å². The van der Waals surface area contributed by atoms with E-state index in [-0.39, 0.29) is 21.9 Å². The molecule has 1 aliphatic rings. The van der Waals surface area contributed by atoms with Crippen LogP contribution in [0, 0.1) is 10.1 Å². The summed E-state index contributed by atoms with van der Waals surface area (Å²) < 4.78 is 27.7. The number of carbonyl (C=O) groups excluding carboxylic acids is 1. The molecule has 1 heterocycles. The molecule has 0 aliphatic carbocycles. The summed E-state index contributed by atoms with van der Waals surface area (Å²) in [6.45, 7) is 1.63. The number of rotatable bonds is 5. The highest BCUT2D eigenvalue weighted by Gasteiger charge is 2.29. The summed E-state index contributed by atoms with van der Waals surface area (Å²) in [5.74, 6) is -0.346. The minimum Gasteiger partial charge on any atom is -0.490 e. The standard InChI is InChI=1S/C18H16N4O6S/c1-11-15(9-12-3-8-17(28-2)16(10-12)22(24)25)18(23)21(20-11)13-4-6-14(7-5-13)29(19,26)27/h3-10H,1-2H3,(H2,19,26,27)/b15-9-. The average Bonchev–Trinajstić information content (AvgIpc) is 2.95. The number of benzene rings is 2. The Hall–Kier alpha value is -3.57. The number of nitro groups is 1. The number of sulfonamides is 1. The molecule has 10 nitrogen and oxygen atoms in total. The van der Waals surface area contributed by atoms with Gasteiger partial charge in [0.05, 0.1) is 33.9 Å². The van der Waals surface area contributed by atoms with E-state index in [4.69, 9.17) is 9.88 Å². The Bertz CT molecular complexity index is 1170. The molecule has 3 rings (SSSR count). The minimum atomic E-state index is -3.85. The van der Waals surface area contributed by atoms with Crippen molar-refractivity contribution in [1.82, 2.24) is 0 Å². The number of amides is 1. The molecule has 2 aromatic rings. The van der Waals surface area contributed by atoms with E-state index in [0.717, 1.165) is 5.01 Å². The highest BCUT2D eigenvalue weighted by molar-refractivity contribution is 7.89. The highest BCUT2D eigenvalue weighted by atomic mass is 32.2. The Morgan fingerprint density at radius 3 is 2.41 bits per heavy atom. The lowest BCUT2D eigenvalue weighted by Gasteiger charge is -2.12. The third-order valence-electron chi connectivity index (χ3n) is 4.18. The van der Waals surface area contributed by atoms with E-state index in [2.05, 4.69) is 5.10 Å². The van der Waals surface area contributed by atoms with Crippen molar-refractivity contribution in [3.05, 3.63) is 63.7 Å². The lowest BCUT2D eigenvalue weighted by molar-refractivity contribution is -0.385. The molecule has 11 heteroatoms. The van der Waals surface area contributed by atoms with Crippen molar-refractivity contribution < 1.29 is 22.9 Å². The van der Waals surface area contributed by atoms with Gasteiger partial charge in [-0.2, -0.15) is 10.1 Å². The molecule has 0 aromatic heterocycles. The zero-order chi connectivity index (χ0) is 21.3. The molecule has 29 heavy (non-hydrogen) atoms. The van der Waals surface area contributed by atoms with Crippen LogP contribution in [0.1, 0.15) is 12.5 Å². The lowest BCUT2D eigenvalue weighted by atomic mass is 10.1. The van der Waals surface area contributed by atoms with Gasteiger partial charge in [0, 0.05) is 6.07 Å². The van der Waals surface area contributed by atoms with Crippen LogP contribution in [0.5, 0.6) is 5.75 Å². The number of methoxy groups -OCH3 is 1. The van der Waals surface area contributed by atoms with Crippen molar-refractivity contribution in [1.29, 1.82) is 0 Å². The highest BCUT2D eigenvalue weighted by Crippen LogP contribution is 2.30. The molecule has 0 saturated carbocycles.